The molecule has 0 aliphatic heterocycles. The number of aromatic nitrogens is 2. The number of nitrogens with zero attached hydrogens (tertiary/aromatic N) is 3. The predicted octanol–water partition coefficient (Wildman–Crippen LogP) is 5.85. The van der Waals surface area contributed by atoms with Crippen molar-refractivity contribution in [3.05, 3.63) is 95.2 Å². The van der Waals surface area contributed by atoms with Gasteiger partial charge < -0.3 is 4.57 Å². The minimum Gasteiger partial charge on any atom is -0.318 e. The Kier molecular flexibility index (Phi) is 4.50. The van der Waals surface area contributed by atoms with Crippen LogP contribution in [0.15, 0.2) is 66.9 Å². The Bertz CT molecular complexity index is 1260. The average Bonchev–Trinajstić information content (AvgIpc) is 2.99. The number of aryl methyl sites for hydroxylation is 1. The standard InChI is InChI=1S/C24H18FN3/c1-16-12-19(13-20(15-26)22-7-3-4-8-23(22)25)17(2)28(16)21-9-10-24-18(14-21)6-5-11-27-24/h3-14H,1-2H3. The summed E-state index contributed by atoms with van der Waals surface area (Å²) in [6.07, 6.45) is 3.53. The van der Waals surface area contributed by atoms with Crippen LogP contribution < -0.4 is 0 Å². The molecule has 0 atom stereocenters. The first-order valence-corrected chi connectivity index (χ1v) is 8.99. The van der Waals surface area contributed by atoms with Gasteiger partial charge in [-0.25, -0.2) is 4.39 Å². The lowest BCUT2D eigenvalue weighted by molar-refractivity contribution is 0.624. The number of hydrogen-bond donors (Lipinski definition) is 0. The van der Waals surface area contributed by atoms with Crippen LogP contribution in [0.1, 0.15) is 22.5 Å². The molecule has 2 aromatic carbocycles. The van der Waals surface area contributed by atoms with Gasteiger partial charge in [0.2, 0.25) is 0 Å². The van der Waals surface area contributed by atoms with E-state index in [4.69, 9.17) is 0 Å². The van der Waals surface area contributed by atoms with Crippen LogP contribution in [0.2, 0.25) is 0 Å². The maximum atomic E-state index is 14.1. The summed E-state index contributed by atoms with van der Waals surface area (Å²) in [5, 5.41) is 10.6. The normalized spacial score (nSPS) is 11.6. The van der Waals surface area contributed by atoms with Gasteiger partial charge in [0.1, 0.15) is 5.82 Å². The summed E-state index contributed by atoms with van der Waals surface area (Å²) in [5.74, 6) is -0.397. The lowest BCUT2D eigenvalue weighted by atomic mass is 10.0. The largest absolute Gasteiger partial charge is 0.318 e. The Morgan fingerprint density at radius 2 is 1.89 bits per heavy atom. The van der Waals surface area contributed by atoms with E-state index in [1.54, 1.807) is 30.5 Å². The molecule has 0 amide bonds. The van der Waals surface area contributed by atoms with Crippen LogP contribution in [0.25, 0.3) is 28.2 Å². The summed E-state index contributed by atoms with van der Waals surface area (Å²) in [6, 6.07) is 20.6. The molecule has 0 spiro atoms. The van der Waals surface area contributed by atoms with Crippen LogP contribution >= 0.6 is 0 Å². The second-order valence-electron chi connectivity index (χ2n) is 6.69. The molecule has 0 bridgehead atoms. The fourth-order valence-electron chi connectivity index (χ4n) is 3.54. The topological polar surface area (TPSA) is 41.6 Å². The first kappa shape index (κ1) is 17.7. The van der Waals surface area contributed by atoms with Crippen LogP contribution in [0.4, 0.5) is 4.39 Å². The van der Waals surface area contributed by atoms with Crippen LogP contribution in [-0.4, -0.2) is 9.55 Å². The van der Waals surface area contributed by atoms with Gasteiger partial charge in [-0.1, -0.05) is 24.3 Å². The summed E-state index contributed by atoms with van der Waals surface area (Å²) in [4.78, 5) is 4.37. The van der Waals surface area contributed by atoms with Crippen molar-refractivity contribution in [1.29, 1.82) is 5.26 Å². The van der Waals surface area contributed by atoms with Gasteiger partial charge >= 0.3 is 0 Å². The highest BCUT2D eigenvalue weighted by molar-refractivity contribution is 5.90. The van der Waals surface area contributed by atoms with E-state index in [-0.39, 0.29) is 0 Å². The van der Waals surface area contributed by atoms with Crippen molar-refractivity contribution in [1.82, 2.24) is 9.55 Å². The highest BCUT2D eigenvalue weighted by atomic mass is 19.1. The van der Waals surface area contributed by atoms with E-state index in [1.807, 2.05) is 44.2 Å². The summed E-state index contributed by atoms with van der Waals surface area (Å²) in [6.45, 7) is 4.02. The Morgan fingerprint density at radius 1 is 1.07 bits per heavy atom. The van der Waals surface area contributed by atoms with Crippen LogP contribution in [0.5, 0.6) is 0 Å². The van der Waals surface area contributed by atoms with Gasteiger partial charge in [0.15, 0.2) is 0 Å². The van der Waals surface area contributed by atoms with E-state index < -0.39 is 5.82 Å². The number of hydrogen-bond acceptors (Lipinski definition) is 2. The third kappa shape index (κ3) is 3.08. The van der Waals surface area contributed by atoms with Gasteiger partial charge in [0.05, 0.1) is 17.2 Å². The monoisotopic (exact) mass is 367 g/mol. The second kappa shape index (κ2) is 7.13. The molecule has 136 valence electrons. The molecule has 4 heteroatoms. The molecule has 0 aliphatic rings. The zero-order valence-corrected chi connectivity index (χ0v) is 15.6. The van der Waals surface area contributed by atoms with Gasteiger partial charge in [-0.2, -0.15) is 5.26 Å². The van der Waals surface area contributed by atoms with Crippen LogP contribution in [-0.2, 0) is 0 Å². The maximum Gasteiger partial charge on any atom is 0.131 e. The molecular weight excluding hydrogens is 349 g/mol. The molecule has 28 heavy (non-hydrogen) atoms. The number of halogens is 1. The molecule has 2 aromatic heterocycles. The molecule has 0 saturated heterocycles. The van der Waals surface area contributed by atoms with Gasteiger partial charge in [0.25, 0.3) is 0 Å². The van der Waals surface area contributed by atoms with E-state index in [0.29, 0.717) is 11.1 Å². The fourth-order valence-corrected chi connectivity index (χ4v) is 3.54. The predicted molar refractivity (Wildman–Crippen MR) is 110 cm³/mol. The molecule has 0 saturated carbocycles. The molecule has 0 N–H and O–H groups in total. The lowest BCUT2D eigenvalue weighted by Gasteiger charge is -2.11. The zero-order chi connectivity index (χ0) is 19.7. The summed E-state index contributed by atoms with van der Waals surface area (Å²) in [5.41, 5.74) is 5.51. The number of nitriles is 1. The van der Waals surface area contributed by atoms with E-state index in [9.17, 15) is 9.65 Å². The van der Waals surface area contributed by atoms with Crippen molar-refractivity contribution < 1.29 is 4.39 Å². The fraction of sp³-hybridized carbons (Fsp3) is 0.0833. The van der Waals surface area contributed by atoms with Crippen molar-refractivity contribution >= 4 is 22.6 Å². The number of fused-ring (bicyclic) bond motifs is 1. The quantitative estimate of drug-likeness (QED) is 0.427. The summed E-state index contributed by atoms with van der Waals surface area (Å²) >= 11 is 0. The van der Waals surface area contributed by atoms with Crippen molar-refractivity contribution in [3.8, 4) is 11.8 Å². The number of rotatable bonds is 3. The highest BCUT2D eigenvalue weighted by Crippen LogP contribution is 2.27. The Hall–Kier alpha value is -3.71. The molecule has 0 aliphatic carbocycles. The van der Waals surface area contributed by atoms with Gasteiger partial charge in [-0.05, 0) is 61.9 Å². The number of allylic oxidation sites excluding steroid dienone is 1. The van der Waals surface area contributed by atoms with Gasteiger partial charge in [0, 0.05) is 34.2 Å². The Morgan fingerprint density at radius 3 is 2.68 bits per heavy atom. The van der Waals surface area contributed by atoms with E-state index in [1.165, 1.54) is 6.07 Å². The molecule has 3 nitrogen and oxygen atoms in total. The minimum absolute atomic E-state index is 0.307. The SMILES string of the molecule is Cc1cc(C=C(C#N)c2ccccc2F)c(C)n1-c1ccc2ncccc2c1. The van der Waals surface area contributed by atoms with E-state index >= 15 is 0 Å². The molecule has 4 rings (SSSR count). The molecule has 0 fully saturated rings. The number of benzene rings is 2. The third-order valence-corrected chi connectivity index (χ3v) is 4.90. The molecule has 4 aromatic rings. The maximum absolute atomic E-state index is 14.1. The Labute approximate surface area is 163 Å². The first-order chi connectivity index (χ1) is 13.6. The molecular formula is C24H18FN3. The number of pyridine rings is 1. The minimum atomic E-state index is -0.397. The summed E-state index contributed by atoms with van der Waals surface area (Å²) in [7, 11) is 0. The molecule has 0 unspecified atom stereocenters. The summed E-state index contributed by atoms with van der Waals surface area (Å²) < 4.78 is 16.3. The first-order valence-electron chi connectivity index (χ1n) is 8.99. The highest BCUT2D eigenvalue weighted by Gasteiger charge is 2.13. The molecule has 2 heterocycles. The van der Waals surface area contributed by atoms with Crippen LogP contribution in [0, 0.1) is 31.0 Å². The second-order valence-corrected chi connectivity index (χ2v) is 6.69. The zero-order valence-electron chi connectivity index (χ0n) is 15.6. The molecule has 0 radical (unpaired) electrons. The van der Waals surface area contributed by atoms with Crippen LogP contribution in [0.3, 0.4) is 0 Å². The van der Waals surface area contributed by atoms with Crippen molar-refractivity contribution in [3.63, 3.8) is 0 Å². The average molecular weight is 367 g/mol. The van der Waals surface area contributed by atoms with E-state index in [0.717, 1.165) is 33.5 Å². The van der Waals surface area contributed by atoms with E-state index in [2.05, 4.69) is 21.7 Å². The lowest BCUT2D eigenvalue weighted by Crippen LogP contribution is -1.99. The van der Waals surface area contributed by atoms with Crippen molar-refractivity contribution in [2.45, 2.75) is 13.8 Å². The van der Waals surface area contributed by atoms with Gasteiger partial charge in [-0.15, -0.1) is 0 Å². The van der Waals surface area contributed by atoms with Crippen molar-refractivity contribution in [2.24, 2.45) is 0 Å². The smallest absolute Gasteiger partial charge is 0.131 e. The van der Waals surface area contributed by atoms with Crippen molar-refractivity contribution in [2.75, 3.05) is 0 Å². The van der Waals surface area contributed by atoms with Gasteiger partial charge in [-0.3, -0.25) is 4.98 Å². The third-order valence-electron chi connectivity index (χ3n) is 4.90. The Balaban J connectivity index is 1.83.